The lowest BCUT2D eigenvalue weighted by atomic mass is 10.1. The third-order valence-corrected chi connectivity index (χ3v) is 7.13. The fourth-order valence-electron chi connectivity index (χ4n) is 5.13. The molecular weight excluding hydrogens is 532 g/mol. The third-order valence-electron chi connectivity index (χ3n) is 7.13. The molecule has 0 bridgehead atoms. The van der Waals surface area contributed by atoms with Gasteiger partial charge in [-0.1, -0.05) is 36.4 Å². The van der Waals surface area contributed by atoms with E-state index in [9.17, 15) is 4.79 Å². The number of rotatable bonds is 7. The number of nitrogens with zero attached hydrogens (tertiary/aromatic N) is 6. The molecule has 6 rings (SSSR count). The number of aromatic nitrogens is 4. The van der Waals surface area contributed by atoms with E-state index in [4.69, 9.17) is 20.2 Å². The second-order valence-corrected chi connectivity index (χ2v) is 9.66. The van der Waals surface area contributed by atoms with Gasteiger partial charge in [0.05, 0.1) is 26.1 Å². The van der Waals surface area contributed by atoms with Gasteiger partial charge in [-0.15, -0.1) is 0 Å². The lowest BCUT2D eigenvalue weighted by molar-refractivity contribution is -0.119. The van der Waals surface area contributed by atoms with Crippen molar-refractivity contribution in [2.45, 2.75) is 6.04 Å². The minimum atomic E-state index is -0.608. The van der Waals surface area contributed by atoms with E-state index in [1.807, 2.05) is 83.8 Å². The number of carbonyl (C=O) groups is 1. The summed E-state index contributed by atoms with van der Waals surface area (Å²) in [6.45, 7) is 1.56. The first-order valence-electron chi connectivity index (χ1n) is 13.5. The summed E-state index contributed by atoms with van der Waals surface area (Å²) >= 11 is 0. The predicted molar refractivity (Wildman–Crippen MR) is 162 cm³/mol. The van der Waals surface area contributed by atoms with E-state index >= 15 is 0 Å². The predicted octanol–water partition coefficient (Wildman–Crippen LogP) is 3.83. The molecule has 1 fully saturated rings. The smallest absolute Gasteiger partial charge is 0.255 e. The number of piperazine rings is 1. The average Bonchev–Trinajstić information content (AvgIpc) is 3.05. The van der Waals surface area contributed by atoms with Crippen LogP contribution in [-0.2, 0) is 4.79 Å². The first-order chi connectivity index (χ1) is 20.6. The lowest BCUT2D eigenvalue weighted by Crippen LogP contribution is -2.58. The van der Waals surface area contributed by atoms with Crippen LogP contribution in [0.5, 0.6) is 11.5 Å². The lowest BCUT2D eigenvalue weighted by Gasteiger charge is -2.39. The van der Waals surface area contributed by atoms with E-state index in [0.717, 1.165) is 16.9 Å². The van der Waals surface area contributed by atoms with Crippen molar-refractivity contribution in [3.63, 3.8) is 0 Å². The number of nitrogens with one attached hydrogen (secondary N) is 1. The molecule has 2 aromatic heterocycles. The first-order valence-corrected chi connectivity index (χ1v) is 13.5. The molecular formula is C31H30N8O3. The number of benzene rings is 3. The van der Waals surface area contributed by atoms with Crippen molar-refractivity contribution < 1.29 is 14.3 Å². The van der Waals surface area contributed by atoms with Gasteiger partial charge >= 0.3 is 0 Å². The summed E-state index contributed by atoms with van der Waals surface area (Å²) in [5.41, 5.74) is 9.84. The maximum absolute atomic E-state index is 14.4. The second-order valence-electron chi connectivity index (χ2n) is 9.66. The number of hydrogen-bond donors (Lipinski definition) is 2. The van der Waals surface area contributed by atoms with Crippen molar-refractivity contribution in [2.24, 2.45) is 0 Å². The molecule has 212 valence electrons. The Balaban J connectivity index is 1.44. The van der Waals surface area contributed by atoms with E-state index < -0.39 is 6.04 Å². The van der Waals surface area contributed by atoms with Crippen LogP contribution in [0.25, 0.3) is 22.4 Å². The van der Waals surface area contributed by atoms with Gasteiger partial charge in [-0.2, -0.15) is 9.97 Å². The van der Waals surface area contributed by atoms with E-state index in [-0.39, 0.29) is 11.9 Å². The summed E-state index contributed by atoms with van der Waals surface area (Å²) in [5.74, 6) is 1.57. The molecule has 0 radical (unpaired) electrons. The molecule has 11 nitrogen and oxygen atoms in total. The number of hydrogen-bond acceptors (Lipinski definition) is 10. The van der Waals surface area contributed by atoms with Crippen LogP contribution in [0.1, 0.15) is 0 Å². The SMILES string of the molecule is COc1ccc(-c2cnc3nc(N)nc(N4CCNCC4C(=O)N(c4ccccc4)c4ccccc4)c3n2)cc1OC. The van der Waals surface area contributed by atoms with Crippen LogP contribution in [0, 0.1) is 0 Å². The third kappa shape index (κ3) is 5.13. The van der Waals surface area contributed by atoms with Crippen LogP contribution < -0.4 is 30.3 Å². The van der Waals surface area contributed by atoms with Gasteiger partial charge in [-0.3, -0.25) is 9.69 Å². The van der Waals surface area contributed by atoms with Crippen LogP contribution in [-0.4, -0.2) is 65.7 Å². The van der Waals surface area contributed by atoms with Crippen LogP contribution in [0.2, 0.25) is 0 Å². The molecule has 1 aliphatic heterocycles. The van der Waals surface area contributed by atoms with Gasteiger partial charge in [-0.05, 0) is 42.5 Å². The van der Waals surface area contributed by atoms with E-state index in [1.165, 1.54) is 0 Å². The molecule has 0 saturated carbocycles. The quantitative estimate of drug-likeness (QED) is 0.302. The van der Waals surface area contributed by atoms with E-state index in [2.05, 4.69) is 20.3 Å². The number of carbonyl (C=O) groups excluding carboxylic acids is 1. The van der Waals surface area contributed by atoms with Crippen LogP contribution in [0.4, 0.5) is 23.1 Å². The zero-order valence-corrected chi connectivity index (χ0v) is 23.3. The number of amides is 1. The molecule has 3 N–H and O–H groups in total. The Labute approximate surface area is 243 Å². The van der Waals surface area contributed by atoms with Crippen LogP contribution >= 0.6 is 0 Å². The van der Waals surface area contributed by atoms with Crippen molar-refractivity contribution >= 4 is 40.2 Å². The van der Waals surface area contributed by atoms with Crippen molar-refractivity contribution in [3.05, 3.63) is 85.1 Å². The molecule has 42 heavy (non-hydrogen) atoms. The second kappa shape index (κ2) is 11.7. The topological polar surface area (TPSA) is 132 Å². The van der Waals surface area contributed by atoms with Gasteiger partial charge in [0.2, 0.25) is 5.95 Å². The molecule has 1 saturated heterocycles. The number of methoxy groups -OCH3 is 2. The molecule has 1 amide bonds. The fourth-order valence-corrected chi connectivity index (χ4v) is 5.13. The Morgan fingerprint density at radius 3 is 2.29 bits per heavy atom. The highest BCUT2D eigenvalue weighted by Crippen LogP contribution is 2.34. The minimum Gasteiger partial charge on any atom is -0.493 e. The van der Waals surface area contributed by atoms with Gasteiger partial charge < -0.3 is 25.4 Å². The number of nitrogen functional groups attached to an aromatic ring is 1. The normalized spacial score (nSPS) is 14.9. The Kier molecular flexibility index (Phi) is 7.48. The maximum Gasteiger partial charge on any atom is 0.255 e. The highest BCUT2D eigenvalue weighted by Gasteiger charge is 2.35. The zero-order valence-electron chi connectivity index (χ0n) is 23.3. The number of ether oxygens (including phenoxy) is 2. The molecule has 0 spiro atoms. The summed E-state index contributed by atoms with van der Waals surface area (Å²) in [5, 5.41) is 3.37. The fraction of sp³-hybridized carbons (Fsp3) is 0.194. The van der Waals surface area contributed by atoms with Gasteiger partial charge in [-0.25, -0.2) is 9.97 Å². The number of para-hydroxylation sites is 2. The molecule has 0 aliphatic carbocycles. The summed E-state index contributed by atoms with van der Waals surface area (Å²) < 4.78 is 10.9. The summed E-state index contributed by atoms with van der Waals surface area (Å²) in [7, 11) is 3.17. The zero-order chi connectivity index (χ0) is 29.1. The Morgan fingerprint density at radius 2 is 1.62 bits per heavy atom. The van der Waals surface area contributed by atoms with Crippen molar-refractivity contribution in [3.8, 4) is 22.8 Å². The van der Waals surface area contributed by atoms with Crippen LogP contribution in [0.15, 0.2) is 85.1 Å². The van der Waals surface area contributed by atoms with Gasteiger partial charge in [0.25, 0.3) is 5.91 Å². The Bertz CT molecular complexity index is 1680. The maximum atomic E-state index is 14.4. The number of fused-ring (bicyclic) bond motifs is 1. The Morgan fingerprint density at radius 1 is 0.929 bits per heavy atom. The minimum absolute atomic E-state index is 0.0540. The van der Waals surface area contributed by atoms with Gasteiger partial charge in [0.15, 0.2) is 28.5 Å². The standard InChI is InChI=1S/C31H30N8O3/c1-41-25-14-13-20(17-26(25)42-2)23-18-34-28-27(35-23)29(37-31(32)36-28)38-16-15-33-19-24(38)30(40)39(21-9-5-3-6-10-21)22-11-7-4-8-12-22/h3-14,17-18,24,33H,15-16,19H2,1-2H3,(H2,32,34,36,37). The summed E-state index contributed by atoms with van der Waals surface area (Å²) in [6, 6.07) is 24.1. The van der Waals surface area contributed by atoms with Gasteiger partial charge in [0.1, 0.15) is 6.04 Å². The van der Waals surface area contributed by atoms with E-state index in [0.29, 0.717) is 53.8 Å². The average molecular weight is 563 g/mol. The van der Waals surface area contributed by atoms with Crippen molar-refractivity contribution in [1.82, 2.24) is 25.3 Å². The monoisotopic (exact) mass is 562 g/mol. The van der Waals surface area contributed by atoms with Gasteiger partial charge in [0, 0.05) is 36.6 Å². The molecule has 3 heterocycles. The van der Waals surface area contributed by atoms with Crippen molar-refractivity contribution in [2.75, 3.05) is 49.4 Å². The highest BCUT2D eigenvalue weighted by molar-refractivity contribution is 6.06. The Hall–Kier alpha value is -5.29. The summed E-state index contributed by atoms with van der Waals surface area (Å²) in [4.78, 5) is 36.5. The molecule has 1 unspecified atom stereocenters. The molecule has 1 atom stereocenters. The first kappa shape index (κ1) is 26.9. The summed E-state index contributed by atoms with van der Waals surface area (Å²) in [6.07, 6.45) is 1.63. The van der Waals surface area contributed by atoms with Crippen molar-refractivity contribution in [1.29, 1.82) is 0 Å². The van der Waals surface area contributed by atoms with Crippen LogP contribution in [0.3, 0.4) is 0 Å². The molecule has 11 heteroatoms. The van der Waals surface area contributed by atoms with E-state index in [1.54, 1.807) is 25.3 Å². The number of anilines is 4. The largest absolute Gasteiger partial charge is 0.493 e. The molecule has 3 aromatic carbocycles. The molecule has 1 aliphatic rings. The number of nitrogens with two attached hydrogens (primary N) is 1. The highest BCUT2D eigenvalue weighted by atomic mass is 16.5. The molecule has 5 aromatic rings.